The van der Waals surface area contributed by atoms with Crippen LogP contribution in [0.15, 0.2) is 46.0 Å². The Kier molecular flexibility index (Phi) is 4.78. The summed E-state index contributed by atoms with van der Waals surface area (Å²) in [5.74, 6) is 0.434. The van der Waals surface area contributed by atoms with Crippen LogP contribution in [0.3, 0.4) is 0 Å². The molecule has 0 N–H and O–H groups in total. The third kappa shape index (κ3) is 3.27. The van der Waals surface area contributed by atoms with Gasteiger partial charge in [-0.25, -0.2) is 18.4 Å². The van der Waals surface area contributed by atoms with Crippen LogP contribution in [0.25, 0.3) is 11.0 Å². The second-order valence-corrected chi connectivity index (χ2v) is 9.21. The maximum absolute atomic E-state index is 13.1. The first-order valence-electron chi connectivity index (χ1n) is 8.37. The zero-order valence-electron chi connectivity index (χ0n) is 14.3. The number of anilines is 1. The summed E-state index contributed by atoms with van der Waals surface area (Å²) >= 11 is 1.09. The van der Waals surface area contributed by atoms with Gasteiger partial charge in [0.2, 0.25) is 9.84 Å². The van der Waals surface area contributed by atoms with Gasteiger partial charge in [0, 0.05) is 13.1 Å². The summed E-state index contributed by atoms with van der Waals surface area (Å²) in [4.78, 5) is 11.2. The van der Waals surface area contributed by atoms with Gasteiger partial charge >= 0.3 is 0 Å². The van der Waals surface area contributed by atoms with Crippen molar-refractivity contribution in [3.05, 3.63) is 47.5 Å². The number of nitrogens with zero attached hydrogens (tertiary/aromatic N) is 4. The zero-order chi connectivity index (χ0) is 18.9. The molecule has 1 aliphatic heterocycles. The average Bonchev–Trinajstić information content (AvgIpc) is 3.24. The fourth-order valence-electron chi connectivity index (χ4n) is 3.01. The number of ether oxygens (including phenoxy) is 1. The highest BCUT2D eigenvalue weighted by Gasteiger charge is 2.35. The molecule has 0 bridgehead atoms. The van der Waals surface area contributed by atoms with E-state index < -0.39 is 15.1 Å². The van der Waals surface area contributed by atoms with Crippen molar-refractivity contribution in [1.29, 1.82) is 5.26 Å². The van der Waals surface area contributed by atoms with Gasteiger partial charge in [0.05, 0.1) is 30.3 Å². The summed E-state index contributed by atoms with van der Waals surface area (Å²) in [6.07, 6.45) is 0. The molecule has 0 unspecified atom stereocenters. The SMILES string of the molecule is N#C[C@@H](c1nc2ccccc2nc1N1CCOCC1)S(=O)(=O)c1cccs1. The fourth-order valence-corrected chi connectivity index (χ4v) is 5.54. The normalized spacial score (nSPS) is 16.2. The summed E-state index contributed by atoms with van der Waals surface area (Å²) < 4.78 is 31.7. The number of nitriles is 1. The van der Waals surface area contributed by atoms with E-state index >= 15 is 0 Å². The van der Waals surface area contributed by atoms with E-state index in [9.17, 15) is 13.7 Å². The molecule has 4 rings (SSSR count). The molecular formula is C18H16N4O3S2. The maximum atomic E-state index is 13.1. The van der Waals surface area contributed by atoms with Gasteiger partial charge in [0.1, 0.15) is 9.90 Å². The number of aromatic nitrogens is 2. The molecule has 27 heavy (non-hydrogen) atoms. The number of benzene rings is 1. The van der Waals surface area contributed by atoms with Crippen molar-refractivity contribution >= 4 is 38.0 Å². The molecule has 1 fully saturated rings. The number of thiophene rings is 1. The predicted octanol–water partition coefficient (Wildman–Crippen LogP) is 2.57. The molecule has 1 atom stereocenters. The Morgan fingerprint density at radius 2 is 1.81 bits per heavy atom. The van der Waals surface area contributed by atoms with E-state index in [1.54, 1.807) is 17.5 Å². The lowest BCUT2D eigenvalue weighted by Gasteiger charge is -2.29. The van der Waals surface area contributed by atoms with Crippen molar-refractivity contribution in [2.45, 2.75) is 9.46 Å². The molecule has 0 aliphatic carbocycles. The van der Waals surface area contributed by atoms with E-state index in [1.807, 2.05) is 29.2 Å². The number of morpholine rings is 1. The quantitative estimate of drug-likeness (QED) is 0.664. The van der Waals surface area contributed by atoms with Crippen molar-refractivity contribution in [3.8, 4) is 6.07 Å². The lowest BCUT2D eigenvalue weighted by Crippen LogP contribution is -2.38. The van der Waals surface area contributed by atoms with Crippen molar-refractivity contribution in [3.63, 3.8) is 0 Å². The Labute approximate surface area is 160 Å². The Bertz CT molecular complexity index is 1100. The number of hydrogen-bond donors (Lipinski definition) is 0. The highest BCUT2D eigenvalue weighted by Crippen LogP contribution is 2.35. The highest BCUT2D eigenvalue weighted by atomic mass is 32.2. The number of rotatable bonds is 4. The van der Waals surface area contributed by atoms with Crippen molar-refractivity contribution in [2.24, 2.45) is 0 Å². The van der Waals surface area contributed by atoms with Gasteiger partial charge in [0.25, 0.3) is 0 Å². The maximum Gasteiger partial charge on any atom is 0.209 e. The van der Waals surface area contributed by atoms with Crippen molar-refractivity contribution < 1.29 is 13.2 Å². The van der Waals surface area contributed by atoms with Gasteiger partial charge in [-0.3, -0.25) is 0 Å². The molecule has 3 heterocycles. The molecule has 1 aliphatic rings. The number of sulfone groups is 1. The lowest BCUT2D eigenvalue weighted by molar-refractivity contribution is 0.122. The molecule has 0 amide bonds. The Morgan fingerprint density at radius 3 is 2.44 bits per heavy atom. The Morgan fingerprint density at radius 1 is 1.11 bits per heavy atom. The first kappa shape index (κ1) is 17.9. The number of fused-ring (bicyclic) bond motifs is 1. The molecule has 1 saturated heterocycles. The van der Waals surface area contributed by atoms with E-state index in [0.717, 1.165) is 11.3 Å². The smallest absolute Gasteiger partial charge is 0.209 e. The molecule has 0 saturated carbocycles. The largest absolute Gasteiger partial charge is 0.378 e. The van der Waals surface area contributed by atoms with Crippen LogP contribution in [0.5, 0.6) is 0 Å². The van der Waals surface area contributed by atoms with E-state index in [2.05, 4.69) is 9.97 Å². The Balaban J connectivity index is 1.91. The van der Waals surface area contributed by atoms with E-state index in [-0.39, 0.29) is 9.90 Å². The van der Waals surface area contributed by atoms with Gasteiger partial charge < -0.3 is 9.64 Å². The number of para-hydroxylation sites is 2. The van der Waals surface area contributed by atoms with Crippen LogP contribution < -0.4 is 4.90 Å². The van der Waals surface area contributed by atoms with Gasteiger partial charge in [-0.05, 0) is 23.6 Å². The van der Waals surface area contributed by atoms with E-state index in [4.69, 9.17) is 4.74 Å². The lowest BCUT2D eigenvalue weighted by atomic mass is 10.2. The van der Waals surface area contributed by atoms with Gasteiger partial charge in [-0.2, -0.15) is 5.26 Å². The van der Waals surface area contributed by atoms with Gasteiger partial charge in [-0.1, -0.05) is 18.2 Å². The molecule has 3 aromatic rings. The molecule has 0 radical (unpaired) electrons. The molecule has 7 nitrogen and oxygen atoms in total. The molecule has 0 spiro atoms. The summed E-state index contributed by atoms with van der Waals surface area (Å²) in [5, 5.41) is 10.0. The van der Waals surface area contributed by atoms with Crippen LogP contribution >= 0.6 is 11.3 Å². The topological polar surface area (TPSA) is 96.2 Å². The summed E-state index contributed by atoms with van der Waals surface area (Å²) in [6.45, 7) is 2.17. The first-order chi connectivity index (χ1) is 13.1. The van der Waals surface area contributed by atoms with Crippen LogP contribution in [0.4, 0.5) is 5.82 Å². The Hall–Kier alpha value is -2.54. The van der Waals surface area contributed by atoms with Crippen LogP contribution in [-0.4, -0.2) is 44.7 Å². The molecule has 138 valence electrons. The average molecular weight is 400 g/mol. The minimum absolute atomic E-state index is 0.150. The minimum Gasteiger partial charge on any atom is -0.378 e. The van der Waals surface area contributed by atoms with Gasteiger partial charge in [0.15, 0.2) is 11.1 Å². The molecular weight excluding hydrogens is 384 g/mol. The van der Waals surface area contributed by atoms with Gasteiger partial charge in [-0.15, -0.1) is 11.3 Å². The van der Waals surface area contributed by atoms with Crippen LogP contribution in [-0.2, 0) is 14.6 Å². The third-order valence-electron chi connectivity index (χ3n) is 4.34. The highest BCUT2D eigenvalue weighted by molar-refractivity contribution is 7.93. The monoisotopic (exact) mass is 400 g/mol. The van der Waals surface area contributed by atoms with Crippen LogP contribution in [0.2, 0.25) is 0 Å². The number of hydrogen-bond acceptors (Lipinski definition) is 8. The second kappa shape index (κ2) is 7.23. The summed E-state index contributed by atoms with van der Waals surface area (Å²) in [5.41, 5.74) is 1.39. The standard InChI is InChI=1S/C18H16N4O3S2/c19-12-15(27(23,24)16-6-3-11-26-16)17-18(22-7-9-25-10-8-22)21-14-5-2-1-4-13(14)20-17/h1-6,11,15H,7-10H2/t15-/m0/s1. The third-order valence-corrected chi connectivity index (χ3v) is 7.63. The fraction of sp³-hybridized carbons (Fsp3) is 0.278. The van der Waals surface area contributed by atoms with Crippen LogP contribution in [0, 0.1) is 11.3 Å². The van der Waals surface area contributed by atoms with E-state index in [1.165, 1.54) is 6.07 Å². The van der Waals surface area contributed by atoms with E-state index in [0.29, 0.717) is 43.2 Å². The summed E-state index contributed by atoms with van der Waals surface area (Å²) in [7, 11) is -3.89. The molecule has 2 aromatic heterocycles. The summed E-state index contributed by atoms with van der Waals surface area (Å²) in [6, 6.07) is 12.4. The van der Waals surface area contributed by atoms with Crippen molar-refractivity contribution in [2.75, 3.05) is 31.2 Å². The van der Waals surface area contributed by atoms with Crippen molar-refractivity contribution in [1.82, 2.24) is 9.97 Å². The predicted molar refractivity (Wildman–Crippen MR) is 102 cm³/mol. The molecule has 9 heteroatoms. The second-order valence-electron chi connectivity index (χ2n) is 6.01. The minimum atomic E-state index is -3.89. The van der Waals surface area contributed by atoms with Crippen LogP contribution in [0.1, 0.15) is 10.9 Å². The molecule has 1 aromatic carbocycles. The zero-order valence-corrected chi connectivity index (χ0v) is 15.9. The first-order valence-corrected chi connectivity index (χ1v) is 10.8.